The van der Waals surface area contributed by atoms with E-state index in [0.717, 1.165) is 11.3 Å². The van der Waals surface area contributed by atoms with Crippen LogP contribution in [0.4, 0.5) is 0 Å². The van der Waals surface area contributed by atoms with Crippen molar-refractivity contribution in [1.82, 2.24) is 14.3 Å². The van der Waals surface area contributed by atoms with Gasteiger partial charge in [0.2, 0.25) is 0 Å². The maximum Gasteiger partial charge on any atom is 0.280 e. The Hall–Kier alpha value is -2.60. The molecule has 2 aromatic heterocycles. The van der Waals surface area contributed by atoms with E-state index in [0.29, 0.717) is 16.6 Å². The first kappa shape index (κ1) is 14.3. The highest BCUT2D eigenvalue weighted by atomic mass is 16.3. The topological polar surface area (TPSA) is 80.0 Å². The summed E-state index contributed by atoms with van der Waals surface area (Å²) in [5.74, 6) is 0. The van der Waals surface area contributed by atoms with Crippen LogP contribution in [0.1, 0.15) is 11.3 Å². The van der Waals surface area contributed by atoms with E-state index in [9.17, 15) is 9.59 Å². The summed E-state index contributed by atoms with van der Waals surface area (Å²) in [7, 11) is 0. The SMILES string of the molecule is Cc1cccc(-n2[nH]c3cc(=O)n(CCO)c(C)c3c2=O)c1. The van der Waals surface area contributed by atoms with Crippen LogP contribution in [0.5, 0.6) is 0 Å². The Labute approximate surface area is 126 Å². The smallest absolute Gasteiger partial charge is 0.280 e. The number of hydrogen-bond donors (Lipinski definition) is 2. The quantitative estimate of drug-likeness (QED) is 0.759. The van der Waals surface area contributed by atoms with Crippen LogP contribution in [-0.2, 0) is 6.54 Å². The molecular weight excluding hydrogens is 282 g/mol. The summed E-state index contributed by atoms with van der Waals surface area (Å²) in [4.78, 5) is 24.8. The van der Waals surface area contributed by atoms with Crippen molar-refractivity contribution in [2.75, 3.05) is 6.61 Å². The molecule has 0 radical (unpaired) electrons. The van der Waals surface area contributed by atoms with Gasteiger partial charge in [-0.1, -0.05) is 12.1 Å². The average molecular weight is 299 g/mol. The van der Waals surface area contributed by atoms with E-state index in [-0.39, 0.29) is 24.3 Å². The van der Waals surface area contributed by atoms with E-state index in [1.54, 1.807) is 6.92 Å². The van der Waals surface area contributed by atoms with Gasteiger partial charge in [0.1, 0.15) is 0 Å². The third kappa shape index (κ3) is 2.17. The minimum atomic E-state index is -0.239. The maximum atomic E-state index is 12.7. The largest absolute Gasteiger partial charge is 0.395 e. The van der Waals surface area contributed by atoms with Gasteiger partial charge in [-0.15, -0.1) is 0 Å². The van der Waals surface area contributed by atoms with Gasteiger partial charge in [0, 0.05) is 18.3 Å². The molecular formula is C16H17N3O3. The second-order valence-corrected chi connectivity index (χ2v) is 5.32. The zero-order chi connectivity index (χ0) is 15.9. The highest BCUT2D eigenvalue weighted by Crippen LogP contribution is 2.14. The Morgan fingerprint density at radius 1 is 1.18 bits per heavy atom. The molecule has 0 unspecified atom stereocenters. The number of pyridine rings is 1. The molecule has 0 amide bonds. The third-order valence-electron chi connectivity index (χ3n) is 3.80. The number of benzene rings is 1. The molecule has 0 fully saturated rings. The van der Waals surface area contributed by atoms with Gasteiger partial charge in [-0.2, -0.15) is 0 Å². The lowest BCUT2D eigenvalue weighted by molar-refractivity contribution is 0.273. The first-order valence-corrected chi connectivity index (χ1v) is 7.06. The molecule has 6 nitrogen and oxygen atoms in total. The zero-order valence-electron chi connectivity index (χ0n) is 12.5. The van der Waals surface area contributed by atoms with Crippen LogP contribution in [-0.4, -0.2) is 26.1 Å². The predicted octanol–water partition coefficient (Wildman–Crippen LogP) is 1.09. The van der Waals surface area contributed by atoms with Crippen LogP contribution in [0.25, 0.3) is 16.6 Å². The molecule has 0 aliphatic heterocycles. The summed E-state index contributed by atoms with van der Waals surface area (Å²) in [5.41, 5.74) is 2.38. The number of nitrogens with zero attached hydrogens (tertiary/aromatic N) is 2. The van der Waals surface area contributed by atoms with Crippen LogP contribution in [0.3, 0.4) is 0 Å². The van der Waals surface area contributed by atoms with Crippen LogP contribution < -0.4 is 11.1 Å². The van der Waals surface area contributed by atoms with E-state index in [4.69, 9.17) is 5.11 Å². The van der Waals surface area contributed by atoms with Crippen molar-refractivity contribution in [3.8, 4) is 5.69 Å². The van der Waals surface area contributed by atoms with Crippen molar-refractivity contribution in [3.05, 3.63) is 62.3 Å². The summed E-state index contributed by atoms with van der Waals surface area (Å²) >= 11 is 0. The zero-order valence-corrected chi connectivity index (χ0v) is 12.5. The van der Waals surface area contributed by atoms with E-state index < -0.39 is 0 Å². The molecule has 0 aliphatic carbocycles. The van der Waals surface area contributed by atoms with Crippen molar-refractivity contribution < 1.29 is 5.11 Å². The second kappa shape index (κ2) is 5.31. The molecule has 1 aromatic carbocycles. The number of fused-ring (bicyclic) bond motifs is 1. The molecule has 2 heterocycles. The van der Waals surface area contributed by atoms with Crippen molar-refractivity contribution in [2.45, 2.75) is 20.4 Å². The van der Waals surface area contributed by atoms with Gasteiger partial charge in [0.05, 0.1) is 23.2 Å². The van der Waals surface area contributed by atoms with Gasteiger partial charge in [-0.05, 0) is 31.5 Å². The standard InChI is InChI=1S/C16H17N3O3/c1-10-4-3-5-12(8-10)19-16(22)15-11(2)18(6-7-20)14(21)9-13(15)17-19/h3-5,8-9,17,20H,6-7H2,1-2H3. The number of aliphatic hydroxyl groups is 1. The summed E-state index contributed by atoms with van der Waals surface area (Å²) in [6, 6.07) is 8.95. The Morgan fingerprint density at radius 3 is 2.64 bits per heavy atom. The number of nitrogens with one attached hydrogen (secondary N) is 1. The van der Waals surface area contributed by atoms with Crippen LogP contribution >= 0.6 is 0 Å². The van der Waals surface area contributed by atoms with Crippen molar-refractivity contribution in [1.29, 1.82) is 0 Å². The van der Waals surface area contributed by atoms with Crippen molar-refractivity contribution >= 4 is 10.9 Å². The summed E-state index contributed by atoms with van der Waals surface area (Å²) in [6.45, 7) is 3.70. The first-order valence-electron chi connectivity index (χ1n) is 7.06. The molecule has 22 heavy (non-hydrogen) atoms. The van der Waals surface area contributed by atoms with E-state index in [1.807, 2.05) is 31.2 Å². The van der Waals surface area contributed by atoms with Gasteiger partial charge in [0.25, 0.3) is 11.1 Å². The van der Waals surface area contributed by atoms with Crippen molar-refractivity contribution in [3.63, 3.8) is 0 Å². The minimum Gasteiger partial charge on any atom is -0.395 e. The fraction of sp³-hybridized carbons (Fsp3) is 0.250. The molecule has 0 saturated heterocycles. The molecule has 0 saturated carbocycles. The summed E-state index contributed by atoms with van der Waals surface area (Å²) in [5, 5.41) is 12.5. The number of rotatable bonds is 3. The van der Waals surface area contributed by atoms with Crippen LogP contribution in [0.2, 0.25) is 0 Å². The van der Waals surface area contributed by atoms with Gasteiger partial charge in [-0.3, -0.25) is 14.7 Å². The predicted molar refractivity (Wildman–Crippen MR) is 84.7 cm³/mol. The molecule has 0 bridgehead atoms. The third-order valence-corrected chi connectivity index (χ3v) is 3.80. The molecule has 3 aromatic rings. The van der Waals surface area contributed by atoms with Gasteiger partial charge < -0.3 is 9.67 Å². The summed E-state index contributed by atoms with van der Waals surface area (Å²) < 4.78 is 2.85. The van der Waals surface area contributed by atoms with Gasteiger partial charge in [-0.25, -0.2) is 4.68 Å². The van der Waals surface area contributed by atoms with E-state index >= 15 is 0 Å². The number of aliphatic hydroxyl groups excluding tert-OH is 1. The number of aromatic nitrogens is 3. The maximum absolute atomic E-state index is 12.7. The average Bonchev–Trinajstić information content (AvgIpc) is 2.80. The molecule has 3 rings (SSSR count). The molecule has 6 heteroatoms. The Kier molecular flexibility index (Phi) is 3.46. The lowest BCUT2D eigenvalue weighted by Crippen LogP contribution is -2.24. The molecule has 114 valence electrons. The van der Waals surface area contributed by atoms with Crippen molar-refractivity contribution in [2.24, 2.45) is 0 Å². The lowest BCUT2D eigenvalue weighted by Gasteiger charge is -2.07. The van der Waals surface area contributed by atoms with Gasteiger partial charge in [0.15, 0.2) is 0 Å². The summed E-state index contributed by atoms with van der Waals surface area (Å²) in [6.07, 6.45) is 0. The second-order valence-electron chi connectivity index (χ2n) is 5.32. The lowest BCUT2D eigenvalue weighted by atomic mass is 10.2. The highest BCUT2D eigenvalue weighted by molar-refractivity contribution is 5.80. The first-order chi connectivity index (χ1) is 10.5. The number of H-pyrrole nitrogens is 1. The van der Waals surface area contributed by atoms with Gasteiger partial charge >= 0.3 is 0 Å². The fourth-order valence-electron chi connectivity index (χ4n) is 2.74. The molecule has 0 atom stereocenters. The molecule has 0 spiro atoms. The highest BCUT2D eigenvalue weighted by Gasteiger charge is 2.14. The van der Waals surface area contributed by atoms with E-state index in [2.05, 4.69) is 5.10 Å². The van der Waals surface area contributed by atoms with Crippen LogP contribution in [0, 0.1) is 13.8 Å². The van der Waals surface area contributed by atoms with Crippen LogP contribution in [0.15, 0.2) is 39.9 Å². The molecule has 2 N–H and O–H groups in total. The number of aryl methyl sites for hydroxylation is 2. The normalized spacial score (nSPS) is 11.2. The Balaban J connectivity index is 2.33. The van der Waals surface area contributed by atoms with E-state index in [1.165, 1.54) is 15.3 Å². The number of aromatic amines is 1. The molecule has 0 aliphatic rings. The Morgan fingerprint density at radius 2 is 1.95 bits per heavy atom. The minimum absolute atomic E-state index is 0.150. The Bertz CT molecular complexity index is 963. The monoisotopic (exact) mass is 299 g/mol. The number of hydrogen-bond acceptors (Lipinski definition) is 3. The fourth-order valence-corrected chi connectivity index (χ4v) is 2.74.